The van der Waals surface area contributed by atoms with Crippen LogP contribution in [0.4, 0.5) is 20.4 Å². The summed E-state index contributed by atoms with van der Waals surface area (Å²) in [4.78, 5) is 17.4. The number of alkyl halides is 1. The predicted octanol–water partition coefficient (Wildman–Crippen LogP) is 5.38. The molecule has 0 spiro atoms. The molecule has 10 nitrogen and oxygen atoms in total. The summed E-state index contributed by atoms with van der Waals surface area (Å²) in [5, 5.41) is 7.01. The van der Waals surface area contributed by atoms with Gasteiger partial charge in [0.2, 0.25) is 21.9 Å². The molecule has 3 heterocycles. The van der Waals surface area contributed by atoms with Crippen LogP contribution in [0.2, 0.25) is 0 Å². The normalized spacial score (nSPS) is 16.9. The molecule has 0 amide bonds. The number of fused-ring (bicyclic) bond motifs is 1. The van der Waals surface area contributed by atoms with E-state index in [0.717, 1.165) is 0 Å². The fourth-order valence-corrected chi connectivity index (χ4v) is 6.34. The smallest absolute Gasteiger partial charge is 0.237 e. The van der Waals surface area contributed by atoms with Crippen molar-refractivity contribution in [3.05, 3.63) is 96.3 Å². The van der Waals surface area contributed by atoms with Crippen LogP contribution in [0.5, 0.6) is 11.6 Å². The molecule has 226 valence electrons. The number of halogens is 2. The molecular formula is C31H29F2N7O3S. The molecule has 0 unspecified atom stereocenters. The van der Waals surface area contributed by atoms with E-state index in [9.17, 15) is 12.8 Å². The average molecular weight is 618 g/mol. The predicted molar refractivity (Wildman–Crippen MR) is 164 cm³/mol. The van der Waals surface area contributed by atoms with E-state index >= 15 is 4.39 Å². The van der Waals surface area contributed by atoms with E-state index in [1.807, 2.05) is 6.92 Å². The molecule has 1 aliphatic heterocycles. The maximum Gasteiger partial charge on any atom is 0.237 e. The molecule has 1 aliphatic rings. The summed E-state index contributed by atoms with van der Waals surface area (Å²) in [7, 11) is -3.94. The Morgan fingerprint density at radius 3 is 2.66 bits per heavy atom. The van der Waals surface area contributed by atoms with Crippen LogP contribution in [-0.4, -0.2) is 53.7 Å². The largest absolute Gasteiger partial charge is 0.437 e. The van der Waals surface area contributed by atoms with Gasteiger partial charge in [-0.2, -0.15) is 0 Å². The minimum Gasteiger partial charge on any atom is -0.437 e. The van der Waals surface area contributed by atoms with Gasteiger partial charge in [-0.15, -0.1) is 0 Å². The Morgan fingerprint density at radius 1 is 1.02 bits per heavy atom. The highest BCUT2D eigenvalue weighted by Crippen LogP contribution is 2.39. The molecule has 3 aromatic carbocycles. The van der Waals surface area contributed by atoms with Gasteiger partial charge in [0.1, 0.15) is 24.1 Å². The molecule has 0 radical (unpaired) electrons. The molecule has 2 atom stereocenters. The Bertz CT molecular complexity index is 1910. The molecule has 0 aliphatic carbocycles. The van der Waals surface area contributed by atoms with E-state index in [2.05, 4.69) is 35.3 Å². The van der Waals surface area contributed by atoms with Crippen molar-refractivity contribution < 1.29 is 21.9 Å². The summed E-state index contributed by atoms with van der Waals surface area (Å²) in [6, 6.07) is 16.3. The molecule has 13 heteroatoms. The summed E-state index contributed by atoms with van der Waals surface area (Å²) < 4.78 is 63.8. The van der Waals surface area contributed by atoms with Crippen LogP contribution in [0.25, 0.3) is 22.0 Å². The molecular weight excluding hydrogens is 588 g/mol. The van der Waals surface area contributed by atoms with Crippen molar-refractivity contribution in [2.45, 2.75) is 31.3 Å². The van der Waals surface area contributed by atoms with Crippen LogP contribution in [0, 0.1) is 12.7 Å². The Kier molecular flexibility index (Phi) is 8.31. The number of anilines is 2. The summed E-state index contributed by atoms with van der Waals surface area (Å²) in [6.07, 6.45) is 3.85. The van der Waals surface area contributed by atoms with Crippen molar-refractivity contribution >= 4 is 32.4 Å². The average Bonchev–Trinajstić information content (AvgIpc) is 3.00. The lowest BCUT2D eigenvalue weighted by atomic mass is 10.0. The van der Waals surface area contributed by atoms with Crippen LogP contribution < -0.4 is 20.1 Å². The Hall–Kier alpha value is -4.75. The lowest BCUT2D eigenvalue weighted by molar-refractivity contribution is 0.254. The third-order valence-electron chi connectivity index (χ3n) is 7.19. The van der Waals surface area contributed by atoms with E-state index in [-0.39, 0.29) is 23.4 Å². The van der Waals surface area contributed by atoms with Gasteiger partial charge in [0.05, 0.1) is 22.7 Å². The SMILES string of the molecule is Cc1ccc2c(NS(=O)(=O)Cc3ccccc3)c(F)ccc2c1Oc1ncncc1-c1ccnc(N[C@@H]2CNC[C@@H](F)C2)n1. The summed E-state index contributed by atoms with van der Waals surface area (Å²) in [5.41, 5.74) is 2.04. The lowest BCUT2D eigenvalue weighted by Crippen LogP contribution is -2.44. The first kappa shape index (κ1) is 29.3. The number of rotatable bonds is 9. The van der Waals surface area contributed by atoms with E-state index in [4.69, 9.17) is 4.74 Å². The Morgan fingerprint density at radius 2 is 1.84 bits per heavy atom. The van der Waals surface area contributed by atoms with Crippen molar-refractivity contribution in [2.24, 2.45) is 0 Å². The van der Waals surface area contributed by atoms with Gasteiger partial charge in [0.15, 0.2) is 0 Å². The highest BCUT2D eigenvalue weighted by molar-refractivity contribution is 7.91. The van der Waals surface area contributed by atoms with Crippen LogP contribution in [0.15, 0.2) is 79.4 Å². The quantitative estimate of drug-likeness (QED) is 0.200. The minimum absolute atomic E-state index is 0.171. The maximum absolute atomic E-state index is 15.1. The standard InChI is InChI=1S/C31H29F2N7O3S/c1-19-7-8-23-24(9-10-26(33)28(23)40-44(41,42)17-20-5-3-2-4-6-20)29(19)43-30-25(16-35-18-37-30)27-11-12-36-31(39-27)38-22-13-21(32)14-34-15-22/h2-12,16,18,21-22,34,40H,13-15,17H2,1H3,(H,36,38,39)/t21-,22-/m0/s1. The number of hydrogen-bond donors (Lipinski definition) is 3. The van der Waals surface area contributed by atoms with Crippen molar-refractivity contribution in [1.82, 2.24) is 25.3 Å². The van der Waals surface area contributed by atoms with Gasteiger partial charge in [-0.25, -0.2) is 37.1 Å². The first-order valence-corrected chi connectivity index (χ1v) is 15.6. The molecule has 5 aromatic rings. The van der Waals surface area contributed by atoms with Crippen molar-refractivity contribution in [1.29, 1.82) is 0 Å². The molecule has 44 heavy (non-hydrogen) atoms. The van der Waals surface area contributed by atoms with Gasteiger partial charge in [-0.3, -0.25) is 4.72 Å². The third kappa shape index (κ3) is 6.58. The number of aryl methyl sites for hydroxylation is 1. The zero-order valence-electron chi connectivity index (χ0n) is 23.7. The summed E-state index contributed by atoms with van der Waals surface area (Å²) in [5.74, 6) is -0.174. The minimum atomic E-state index is -3.94. The lowest BCUT2D eigenvalue weighted by Gasteiger charge is -2.26. The maximum atomic E-state index is 15.1. The van der Waals surface area contributed by atoms with Crippen LogP contribution in [-0.2, 0) is 15.8 Å². The number of aromatic nitrogens is 4. The first-order valence-electron chi connectivity index (χ1n) is 13.9. The van der Waals surface area contributed by atoms with Crippen molar-refractivity contribution in [2.75, 3.05) is 23.1 Å². The fourth-order valence-electron chi connectivity index (χ4n) is 5.12. The zero-order chi connectivity index (χ0) is 30.7. The van der Waals surface area contributed by atoms with E-state index < -0.39 is 22.0 Å². The molecule has 1 saturated heterocycles. The zero-order valence-corrected chi connectivity index (χ0v) is 24.5. The number of benzene rings is 3. The Balaban J connectivity index is 1.32. The molecule has 2 aromatic heterocycles. The van der Waals surface area contributed by atoms with Gasteiger partial charge in [0, 0.05) is 48.7 Å². The summed E-state index contributed by atoms with van der Waals surface area (Å²) >= 11 is 0. The van der Waals surface area contributed by atoms with Gasteiger partial charge in [-0.05, 0) is 36.2 Å². The van der Waals surface area contributed by atoms with E-state index in [0.29, 0.717) is 64.4 Å². The van der Waals surface area contributed by atoms with Crippen LogP contribution in [0.1, 0.15) is 17.5 Å². The highest BCUT2D eigenvalue weighted by Gasteiger charge is 2.23. The molecule has 3 N–H and O–H groups in total. The summed E-state index contributed by atoms with van der Waals surface area (Å²) in [6.45, 7) is 2.73. The molecule has 0 saturated carbocycles. The van der Waals surface area contributed by atoms with Crippen molar-refractivity contribution in [3.8, 4) is 22.9 Å². The highest BCUT2D eigenvalue weighted by atomic mass is 32.2. The second-order valence-electron chi connectivity index (χ2n) is 10.5. The topological polar surface area (TPSA) is 131 Å². The van der Waals surface area contributed by atoms with Crippen molar-refractivity contribution in [3.63, 3.8) is 0 Å². The molecule has 0 bridgehead atoms. The number of sulfonamides is 1. The monoisotopic (exact) mass is 617 g/mol. The van der Waals surface area contributed by atoms with Gasteiger partial charge in [0.25, 0.3) is 0 Å². The second kappa shape index (κ2) is 12.5. The van der Waals surface area contributed by atoms with Gasteiger partial charge in [-0.1, -0.05) is 42.5 Å². The number of nitrogens with one attached hydrogen (secondary N) is 3. The first-order chi connectivity index (χ1) is 21.3. The Labute approximate surface area is 253 Å². The number of ether oxygens (including phenoxy) is 1. The van der Waals surface area contributed by atoms with Gasteiger partial charge >= 0.3 is 0 Å². The van der Waals surface area contributed by atoms with E-state index in [1.54, 1.807) is 60.9 Å². The third-order valence-corrected chi connectivity index (χ3v) is 8.42. The fraction of sp³-hybridized carbons (Fsp3) is 0.226. The number of hydrogen-bond acceptors (Lipinski definition) is 9. The molecule has 6 rings (SSSR count). The number of nitrogens with zero attached hydrogens (tertiary/aromatic N) is 4. The molecule has 1 fully saturated rings. The van der Waals surface area contributed by atoms with Gasteiger partial charge < -0.3 is 15.4 Å². The van der Waals surface area contributed by atoms with Crippen LogP contribution in [0.3, 0.4) is 0 Å². The number of piperidine rings is 1. The second-order valence-corrected chi connectivity index (χ2v) is 12.2. The van der Waals surface area contributed by atoms with Crippen LogP contribution >= 0.6 is 0 Å². The van der Waals surface area contributed by atoms with E-state index in [1.165, 1.54) is 18.5 Å².